The molecule has 0 fully saturated rings. The van der Waals surface area contributed by atoms with Gasteiger partial charge in [-0.05, 0) is 43.2 Å². The van der Waals surface area contributed by atoms with Crippen LogP contribution in [0, 0.1) is 18.3 Å². The predicted molar refractivity (Wildman–Crippen MR) is 106 cm³/mol. The maximum Gasteiger partial charge on any atom is 0.143 e. The highest BCUT2D eigenvalue weighted by Crippen LogP contribution is 2.26. The minimum Gasteiger partial charge on any atom is -0.492 e. The molecule has 27 heavy (non-hydrogen) atoms. The van der Waals surface area contributed by atoms with Crippen molar-refractivity contribution in [3.63, 3.8) is 0 Å². The number of aryl methyl sites for hydroxylation is 1. The molecule has 1 heterocycles. The maximum atomic E-state index is 9.21. The van der Waals surface area contributed by atoms with E-state index in [2.05, 4.69) is 18.0 Å². The van der Waals surface area contributed by atoms with Crippen molar-refractivity contribution in [1.82, 2.24) is 9.71 Å². The van der Waals surface area contributed by atoms with Gasteiger partial charge in [-0.15, -0.1) is 0 Å². The molecule has 0 aliphatic heterocycles. The Kier molecular flexibility index (Phi) is 6.20. The van der Waals surface area contributed by atoms with Gasteiger partial charge in [0.1, 0.15) is 35.3 Å². The van der Waals surface area contributed by atoms with Gasteiger partial charge in [0.05, 0.1) is 17.2 Å². The number of ether oxygens (including phenoxy) is 1. The number of unbranched alkanes of at least 4 members (excludes halogenated alkanes) is 1. The lowest BCUT2D eigenvalue weighted by Crippen LogP contribution is -2.15. The van der Waals surface area contributed by atoms with Crippen molar-refractivity contribution < 1.29 is 9.57 Å². The summed E-state index contributed by atoms with van der Waals surface area (Å²) >= 11 is 6.31. The number of nitrogens with zero attached hydrogens (tertiary/aromatic N) is 3. The number of para-hydroxylation sites is 1. The first-order valence-electron chi connectivity index (χ1n) is 9.06. The van der Waals surface area contributed by atoms with Crippen molar-refractivity contribution in [3.8, 4) is 11.8 Å². The molecular weight excluding hydrogens is 362 g/mol. The fourth-order valence-corrected chi connectivity index (χ4v) is 3.10. The summed E-state index contributed by atoms with van der Waals surface area (Å²) in [6.45, 7) is 5.13. The van der Waals surface area contributed by atoms with Gasteiger partial charge in [0.2, 0.25) is 0 Å². The normalized spacial score (nSPS) is 10.7. The van der Waals surface area contributed by atoms with Crippen molar-refractivity contribution in [2.24, 2.45) is 0 Å². The Morgan fingerprint density at radius 1 is 1.22 bits per heavy atom. The van der Waals surface area contributed by atoms with Crippen LogP contribution < -0.4 is 9.57 Å². The molecule has 0 saturated heterocycles. The van der Waals surface area contributed by atoms with E-state index in [9.17, 15) is 5.26 Å². The molecule has 5 nitrogen and oxygen atoms in total. The number of benzene rings is 2. The number of aromatic nitrogens is 2. The van der Waals surface area contributed by atoms with Crippen molar-refractivity contribution in [2.45, 2.75) is 33.1 Å². The molecule has 6 heteroatoms. The maximum absolute atomic E-state index is 9.21. The molecule has 3 aromatic rings. The number of nitriles is 1. The quantitative estimate of drug-likeness (QED) is 0.528. The predicted octanol–water partition coefficient (Wildman–Crippen LogP) is 4.72. The molecule has 0 aliphatic carbocycles. The van der Waals surface area contributed by atoms with Crippen LogP contribution in [-0.2, 0) is 6.42 Å². The Hall–Kier alpha value is -2.71. The van der Waals surface area contributed by atoms with Crippen molar-refractivity contribution >= 4 is 22.6 Å². The zero-order valence-electron chi connectivity index (χ0n) is 15.5. The average molecular weight is 384 g/mol. The SMILES string of the molecule is CCCCOc1ccc(CCOn2c(C)nc3c(C#N)cccc32)cc1Cl. The average Bonchev–Trinajstić information content (AvgIpc) is 2.99. The summed E-state index contributed by atoms with van der Waals surface area (Å²) in [5.41, 5.74) is 3.07. The van der Waals surface area contributed by atoms with Crippen LogP contribution in [0.1, 0.15) is 36.7 Å². The molecule has 3 rings (SSSR count). The molecule has 0 atom stereocenters. The molecule has 0 aliphatic rings. The third-order valence-corrected chi connectivity index (χ3v) is 4.58. The number of rotatable bonds is 8. The minimum atomic E-state index is 0.468. The summed E-state index contributed by atoms with van der Waals surface area (Å²) in [5, 5.41) is 9.83. The summed E-state index contributed by atoms with van der Waals surface area (Å²) in [5.74, 6) is 1.43. The minimum absolute atomic E-state index is 0.468. The molecule has 0 amide bonds. The van der Waals surface area contributed by atoms with Crippen molar-refractivity contribution in [2.75, 3.05) is 13.2 Å². The molecule has 0 bridgehead atoms. The Morgan fingerprint density at radius 3 is 2.81 bits per heavy atom. The summed E-state index contributed by atoms with van der Waals surface area (Å²) < 4.78 is 7.36. The molecule has 0 unspecified atom stereocenters. The van der Waals surface area contributed by atoms with Crippen LogP contribution in [0.5, 0.6) is 5.75 Å². The molecule has 0 saturated carbocycles. The van der Waals surface area contributed by atoms with E-state index in [0.717, 1.165) is 29.7 Å². The second-order valence-corrected chi connectivity index (χ2v) is 6.70. The van der Waals surface area contributed by atoms with Gasteiger partial charge in [0.15, 0.2) is 0 Å². The van der Waals surface area contributed by atoms with E-state index in [1.807, 2.05) is 37.3 Å². The third kappa shape index (κ3) is 4.35. The summed E-state index contributed by atoms with van der Waals surface area (Å²) in [6.07, 6.45) is 2.80. The number of halogens is 1. The van der Waals surface area contributed by atoms with Gasteiger partial charge in [-0.1, -0.05) is 37.1 Å². The van der Waals surface area contributed by atoms with Crippen LogP contribution >= 0.6 is 11.6 Å². The molecule has 140 valence electrons. The Labute approximate surface area is 164 Å². The number of fused-ring (bicyclic) bond motifs is 1. The van der Waals surface area contributed by atoms with E-state index in [-0.39, 0.29) is 0 Å². The topological polar surface area (TPSA) is 60.1 Å². The highest BCUT2D eigenvalue weighted by molar-refractivity contribution is 6.32. The van der Waals surface area contributed by atoms with Crippen LogP contribution in [0.4, 0.5) is 0 Å². The fourth-order valence-electron chi connectivity index (χ4n) is 2.85. The van der Waals surface area contributed by atoms with Crippen molar-refractivity contribution in [3.05, 3.63) is 58.4 Å². The Balaban J connectivity index is 1.65. The molecule has 0 N–H and O–H groups in total. The van der Waals surface area contributed by atoms with Crippen LogP contribution in [-0.4, -0.2) is 22.9 Å². The van der Waals surface area contributed by atoms with Gasteiger partial charge >= 0.3 is 0 Å². The summed E-state index contributed by atoms with van der Waals surface area (Å²) in [7, 11) is 0. The van der Waals surface area contributed by atoms with Crippen LogP contribution in [0.15, 0.2) is 36.4 Å². The first kappa shape index (κ1) is 19.1. The lowest BCUT2D eigenvalue weighted by Gasteiger charge is -2.11. The highest BCUT2D eigenvalue weighted by atomic mass is 35.5. The lowest BCUT2D eigenvalue weighted by atomic mass is 10.1. The molecular formula is C21H22ClN3O2. The van der Waals surface area contributed by atoms with E-state index in [1.54, 1.807) is 10.8 Å². The van der Waals surface area contributed by atoms with Crippen LogP contribution in [0.25, 0.3) is 11.0 Å². The van der Waals surface area contributed by atoms with Crippen LogP contribution in [0.2, 0.25) is 5.02 Å². The largest absolute Gasteiger partial charge is 0.492 e. The first-order valence-corrected chi connectivity index (χ1v) is 9.44. The van der Waals surface area contributed by atoms with E-state index in [4.69, 9.17) is 21.2 Å². The lowest BCUT2D eigenvalue weighted by molar-refractivity contribution is 0.117. The second kappa shape index (κ2) is 8.79. The second-order valence-electron chi connectivity index (χ2n) is 6.29. The third-order valence-electron chi connectivity index (χ3n) is 4.28. The first-order chi connectivity index (χ1) is 13.1. The van der Waals surface area contributed by atoms with Gasteiger partial charge in [-0.25, -0.2) is 4.98 Å². The fraction of sp³-hybridized carbons (Fsp3) is 0.333. The van der Waals surface area contributed by atoms with Crippen molar-refractivity contribution in [1.29, 1.82) is 5.26 Å². The molecule has 0 radical (unpaired) electrons. The molecule has 2 aromatic carbocycles. The smallest absolute Gasteiger partial charge is 0.143 e. The Morgan fingerprint density at radius 2 is 2.07 bits per heavy atom. The summed E-state index contributed by atoms with van der Waals surface area (Å²) in [6, 6.07) is 13.5. The van der Waals surface area contributed by atoms with E-state index in [1.165, 1.54) is 0 Å². The van der Waals surface area contributed by atoms with Gasteiger partial charge in [0, 0.05) is 6.42 Å². The van der Waals surface area contributed by atoms with E-state index in [0.29, 0.717) is 41.6 Å². The zero-order chi connectivity index (χ0) is 19.2. The summed E-state index contributed by atoms with van der Waals surface area (Å²) in [4.78, 5) is 10.4. The van der Waals surface area contributed by atoms with Gasteiger partial charge in [0.25, 0.3) is 0 Å². The van der Waals surface area contributed by atoms with Gasteiger partial charge < -0.3 is 9.57 Å². The molecule has 0 spiro atoms. The monoisotopic (exact) mass is 383 g/mol. The number of hydrogen-bond donors (Lipinski definition) is 0. The van der Waals surface area contributed by atoms with E-state index < -0.39 is 0 Å². The standard InChI is InChI=1S/C21H22ClN3O2/c1-3-4-11-26-20-9-8-16(13-18(20)22)10-12-27-25-15(2)24-21-17(14-23)6-5-7-19(21)25/h5-9,13H,3-4,10-12H2,1-2H3. The van der Waals surface area contributed by atoms with Gasteiger partial charge in [-0.2, -0.15) is 9.99 Å². The highest BCUT2D eigenvalue weighted by Gasteiger charge is 2.12. The molecule has 1 aromatic heterocycles. The van der Waals surface area contributed by atoms with E-state index >= 15 is 0 Å². The zero-order valence-corrected chi connectivity index (χ0v) is 16.3. The number of hydrogen-bond acceptors (Lipinski definition) is 4. The van der Waals surface area contributed by atoms with Gasteiger partial charge in [-0.3, -0.25) is 0 Å². The number of imidazole rings is 1. The Bertz CT molecular complexity index is 975. The van der Waals surface area contributed by atoms with Crippen LogP contribution in [0.3, 0.4) is 0 Å².